The summed E-state index contributed by atoms with van der Waals surface area (Å²) < 4.78 is 0. The summed E-state index contributed by atoms with van der Waals surface area (Å²) in [7, 11) is 0. The number of rotatable bonds is 3. The highest BCUT2D eigenvalue weighted by molar-refractivity contribution is 8.13. The van der Waals surface area contributed by atoms with E-state index in [2.05, 4.69) is 15.6 Å². The molecule has 0 radical (unpaired) electrons. The van der Waals surface area contributed by atoms with Gasteiger partial charge in [0, 0.05) is 16.3 Å². The van der Waals surface area contributed by atoms with Gasteiger partial charge < -0.3 is 5.32 Å². The number of amides is 1. The Bertz CT molecular complexity index is 786. The molecule has 0 fully saturated rings. The summed E-state index contributed by atoms with van der Waals surface area (Å²) in [5, 5.41) is 14.9. The molecule has 2 rings (SSSR count). The van der Waals surface area contributed by atoms with Gasteiger partial charge in [-0.3, -0.25) is 10.1 Å². The summed E-state index contributed by atoms with van der Waals surface area (Å²) in [6.07, 6.45) is 3.63. The normalized spacial score (nSPS) is 10.7. The number of carbonyl (C=O) groups is 1. The third-order valence-corrected chi connectivity index (χ3v) is 3.59. The van der Waals surface area contributed by atoms with Crippen LogP contribution in [0, 0.1) is 11.5 Å². The largest absolute Gasteiger partial charge is 0.322 e. The van der Waals surface area contributed by atoms with E-state index in [0.717, 1.165) is 0 Å². The summed E-state index contributed by atoms with van der Waals surface area (Å²) in [6.45, 7) is 0. The molecule has 0 heterocycles. The zero-order chi connectivity index (χ0) is 16.7. The summed E-state index contributed by atoms with van der Waals surface area (Å²) in [5.41, 5.74) is 1.66. The van der Waals surface area contributed by atoms with Crippen LogP contribution in [0.25, 0.3) is 0 Å². The zero-order valence-corrected chi connectivity index (χ0v) is 13.8. The lowest BCUT2D eigenvalue weighted by Gasteiger charge is -2.06. The van der Waals surface area contributed by atoms with Gasteiger partial charge in [-0.25, -0.2) is 4.99 Å². The van der Waals surface area contributed by atoms with Crippen molar-refractivity contribution in [1.82, 2.24) is 5.32 Å². The molecule has 23 heavy (non-hydrogen) atoms. The Morgan fingerprint density at radius 3 is 2.74 bits per heavy atom. The number of aliphatic imine (C=N–C) groups is 1. The number of anilines is 1. The molecule has 0 saturated carbocycles. The maximum Gasteiger partial charge on any atom is 0.255 e. The maximum atomic E-state index is 12.3. The van der Waals surface area contributed by atoms with Gasteiger partial charge >= 0.3 is 0 Å². The highest BCUT2D eigenvalue weighted by Crippen LogP contribution is 2.19. The van der Waals surface area contributed by atoms with Gasteiger partial charge in [-0.05, 0) is 42.7 Å². The standard InChI is InChI=1S/C16H13ClN4OS/c1-23-16(19-10-18)21-13-6-2-4-11(8-13)15(22)20-14-7-3-5-12(17)9-14/h2-9H,1H3,(H,19,21)(H,20,22). The topological polar surface area (TPSA) is 77.3 Å². The Balaban J connectivity index is 2.19. The second kappa shape index (κ2) is 8.22. The van der Waals surface area contributed by atoms with Crippen LogP contribution in [0.5, 0.6) is 0 Å². The van der Waals surface area contributed by atoms with Crippen LogP contribution in [-0.2, 0) is 0 Å². The lowest BCUT2D eigenvalue weighted by Crippen LogP contribution is -2.13. The number of hydrogen-bond donors (Lipinski definition) is 2. The summed E-state index contributed by atoms with van der Waals surface area (Å²) in [4.78, 5) is 16.6. The molecule has 0 aliphatic rings. The SMILES string of the molecule is CSC(=Nc1cccc(C(=O)Nc2cccc(Cl)c2)c1)NC#N. The van der Waals surface area contributed by atoms with Crippen LogP contribution in [0.15, 0.2) is 53.5 Å². The Hall–Kier alpha value is -2.49. The molecule has 2 aromatic carbocycles. The van der Waals surface area contributed by atoms with Crippen LogP contribution in [0.1, 0.15) is 10.4 Å². The van der Waals surface area contributed by atoms with Gasteiger partial charge in [0.05, 0.1) is 5.69 Å². The minimum atomic E-state index is -0.261. The van der Waals surface area contributed by atoms with E-state index in [1.807, 2.05) is 6.19 Å². The molecule has 0 aliphatic carbocycles. The molecular formula is C16H13ClN4OS. The Kier molecular flexibility index (Phi) is 6.03. The third-order valence-electron chi connectivity index (χ3n) is 2.78. The van der Waals surface area contributed by atoms with Crippen LogP contribution < -0.4 is 10.6 Å². The first kappa shape index (κ1) is 16.9. The highest BCUT2D eigenvalue weighted by atomic mass is 35.5. The molecule has 1 amide bonds. The summed E-state index contributed by atoms with van der Waals surface area (Å²) >= 11 is 7.21. The van der Waals surface area contributed by atoms with Crippen molar-refractivity contribution in [2.24, 2.45) is 4.99 Å². The van der Waals surface area contributed by atoms with Crippen LogP contribution in [0.2, 0.25) is 5.02 Å². The number of nitrogens with zero attached hydrogens (tertiary/aromatic N) is 2. The molecule has 0 aromatic heterocycles. The van der Waals surface area contributed by atoms with Crippen molar-refractivity contribution in [2.75, 3.05) is 11.6 Å². The molecule has 2 N–H and O–H groups in total. The molecule has 116 valence electrons. The fraction of sp³-hybridized carbons (Fsp3) is 0.0625. The second-order valence-electron chi connectivity index (χ2n) is 4.37. The Labute approximate surface area is 143 Å². The number of amidine groups is 1. The summed E-state index contributed by atoms with van der Waals surface area (Å²) in [5.74, 6) is -0.261. The molecule has 0 unspecified atom stereocenters. The van der Waals surface area contributed by atoms with Crippen molar-refractivity contribution >= 4 is 45.8 Å². The lowest BCUT2D eigenvalue weighted by molar-refractivity contribution is 0.102. The summed E-state index contributed by atoms with van der Waals surface area (Å²) in [6, 6.07) is 13.8. The number of thioether (sulfide) groups is 1. The predicted molar refractivity (Wildman–Crippen MR) is 95.2 cm³/mol. The van der Waals surface area contributed by atoms with Gasteiger partial charge in [0.25, 0.3) is 5.91 Å². The molecular weight excluding hydrogens is 332 g/mol. The number of carbonyl (C=O) groups excluding carboxylic acids is 1. The van der Waals surface area contributed by atoms with E-state index in [4.69, 9.17) is 16.9 Å². The Morgan fingerprint density at radius 2 is 2.04 bits per heavy atom. The monoisotopic (exact) mass is 344 g/mol. The second-order valence-corrected chi connectivity index (χ2v) is 5.60. The molecule has 7 heteroatoms. The van der Waals surface area contributed by atoms with E-state index in [9.17, 15) is 4.79 Å². The number of nitrogens with one attached hydrogen (secondary N) is 2. The Morgan fingerprint density at radius 1 is 1.26 bits per heavy atom. The zero-order valence-electron chi connectivity index (χ0n) is 12.2. The van der Waals surface area contributed by atoms with E-state index < -0.39 is 0 Å². The third kappa shape index (κ3) is 5.02. The highest BCUT2D eigenvalue weighted by Gasteiger charge is 2.07. The van der Waals surface area contributed by atoms with E-state index in [1.54, 1.807) is 54.8 Å². The molecule has 5 nitrogen and oxygen atoms in total. The van der Waals surface area contributed by atoms with Gasteiger partial charge in [-0.2, -0.15) is 5.26 Å². The van der Waals surface area contributed by atoms with E-state index in [1.165, 1.54) is 11.8 Å². The minimum Gasteiger partial charge on any atom is -0.322 e. The number of hydrogen-bond acceptors (Lipinski definition) is 4. The van der Waals surface area contributed by atoms with Crippen molar-refractivity contribution < 1.29 is 4.79 Å². The first-order valence-corrected chi connectivity index (χ1v) is 8.17. The molecule has 0 saturated heterocycles. The number of halogens is 1. The van der Waals surface area contributed by atoms with Crippen molar-refractivity contribution in [2.45, 2.75) is 0 Å². The van der Waals surface area contributed by atoms with E-state index in [0.29, 0.717) is 27.1 Å². The first-order valence-electron chi connectivity index (χ1n) is 6.57. The number of nitriles is 1. The smallest absolute Gasteiger partial charge is 0.255 e. The van der Waals surface area contributed by atoms with Crippen LogP contribution in [-0.4, -0.2) is 17.3 Å². The van der Waals surface area contributed by atoms with Crippen molar-refractivity contribution in [3.8, 4) is 6.19 Å². The average Bonchev–Trinajstić information content (AvgIpc) is 2.54. The van der Waals surface area contributed by atoms with Gasteiger partial charge in [-0.15, -0.1) is 0 Å². The van der Waals surface area contributed by atoms with Gasteiger partial charge in [0.1, 0.15) is 0 Å². The quantitative estimate of drug-likeness (QED) is 0.381. The molecule has 0 spiro atoms. The van der Waals surface area contributed by atoms with Crippen molar-refractivity contribution in [3.05, 3.63) is 59.1 Å². The van der Waals surface area contributed by atoms with Gasteiger partial charge in [0.15, 0.2) is 11.4 Å². The molecule has 2 aromatic rings. The van der Waals surface area contributed by atoms with Crippen LogP contribution in [0.3, 0.4) is 0 Å². The van der Waals surface area contributed by atoms with E-state index in [-0.39, 0.29) is 5.91 Å². The molecule has 0 aliphatic heterocycles. The number of benzene rings is 2. The fourth-order valence-electron chi connectivity index (χ4n) is 1.78. The van der Waals surface area contributed by atoms with Crippen LogP contribution in [0.4, 0.5) is 11.4 Å². The molecule has 0 bridgehead atoms. The predicted octanol–water partition coefficient (Wildman–Crippen LogP) is 4.01. The van der Waals surface area contributed by atoms with Crippen molar-refractivity contribution in [3.63, 3.8) is 0 Å². The van der Waals surface area contributed by atoms with Crippen molar-refractivity contribution in [1.29, 1.82) is 5.26 Å². The minimum absolute atomic E-state index is 0.261. The van der Waals surface area contributed by atoms with Crippen LogP contribution >= 0.6 is 23.4 Å². The fourth-order valence-corrected chi connectivity index (χ4v) is 2.31. The first-order chi connectivity index (χ1) is 11.1. The van der Waals surface area contributed by atoms with E-state index >= 15 is 0 Å². The lowest BCUT2D eigenvalue weighted by atomic mass is 10.2. The van der Waals surface area contributed by atoms with Gasteiger partial charge in [0.2, 0.25) is 0 Å². The van der Waals surface area contributed by atoms with Gasteiger partial charge in [-0.1, -0.05) is 35.5 Å². The average molecular weight is 345 g/mol. The maximum absolute atomic E-state index is 12.3. The molecule has 0 atom stereocenters.